The first-order chi connectivity index (χ1) is 7.74. The van der Waals surface area contributed by atoms with E-state index in [4.69, 9.17) is 4.52 Å². The van der Waals surface area contributed by atoms with E-state index in [9.17, 15) is 0 Å². The van der Waals surface area contributed by atoms with Crippen LogP contribution < -0.4 is 5.32 Å². The first kappa shape index (κ1) is 10.5. The number of anilines is 1. The Balaban J connectivity index is 1.82. The molecule has 6 heteroatoms. The Morgan fingerprint density at radius 2 is 2.00 bits per heavy atom. The molecule has 0 saturated heterocycles. The first-order valence-electron chi connectivity index (χ1n) is 5.06. The number of nitrogens with one attached hydrogen (secondary N) is 1. The topological polar surface area (TPSA) is 76.7 Å². The summed E-state index contributed by atoms with van der Waals surface area (Å²) in [6.07, 6.45) is 4.23. The summed E-state index contributed by atoms with van der Waals surface area (Å²) < 4.78 is 4.86. The molecule has 0 radical (unpaired) electrons. The molecule has 0 unspecified atom stereocenters. The second-order valence-electron chi connectivity index (χ2n) is 3.49. The van der Waals surface area contributed by atoms with Gasteiger partial charge in [-0.05, 0) is 12.5 Å². The van der Waals surface area contributed by atoms with Crippen molar-refractivity contribution in [2.75, 3.05) is 11.9 Å². The fraction of sp³-hybridized carbons (Fsp3) is 0.400. The third kappa shape index (κ3) is 2.75. The van der Waals surface area contributed by atoms with Crippen LogP contribution >= 0.6 is 0 Å². The highest BCUT2D eigenvalue weighted by Gasteiger charge is 2.01. The maximum Gasteiger partial charge on any atom is 0.223 e. The molecule has 0 spiro atoms. The van der Waals surface area contributed by atoms with Gasteiger partial charge in [-0.15, -0.1) is 0 Å². The van der Waals surface area contributed by atoms with Gasteiger partial charge in [0.1, 0.15) is 0 Å². The predicted octanol–water partition coefficient (Wildman–Crippen LogP) is 1.13. The predicted molar refractivity (Wildman–Crippen MR) is 58.0 cm³/mol. The summed E-state index contributed by atoms with van der Waals surface area (Å²) >= 11 is 0. The number of rotatable bonds is 4. The minimum absolute atomic E-state index is 0.585. The maximum absolute atomic E-state index is 4.86. The van der Waals surface area contributed by atoms with Crippen LogP contribution in [0.25, 0.3) is 0 Å². The lowest BCUT2D eigenvalue weighted by Gasteiger charge is -2.01. The fourth-order valence-electron chi connectivity index (χ4n) is 1.21. The molecule has 0 aromatic carbocycles. The summed E-state index contributed by atoms with van der Waals surface area (Å²) in [4.78, 5) is 12.4. The molecule has 84 valence electrons. The van der Waals surface area contributed by atoms with E-state index in [2.05, 4.69) is 25.4 Å². The van der Waals surface area contributed by atoms with E-state index in [1.807, 2.05) is 6.92 Å². The van der Waals surface area contributed by atoms with Crippen molar-refractivity contribution < 1.29 is 4.52 Å². The van der Waals surface area contributed by atoms with Crippen molar-refractivity contribution in [3.63, 3.8) is 0 Å². The molecule has 0 bridgehead atoms. The summed E-state index contributed by atoms with van der Waals surface area (Å²) in [5.74, 6) is 1.89. The van der Waals surface area contributed by atoms with Gasteiger partial charge in [-0.1, -0.05) is 5.16 Å². The molecule has 6 nitrogen and oxygen atoms in total. The normalized spacial score (nSPS) is 10.4. The molecule has 2 aromatic rings. The van der Waals surface area contributed by atoms with Crippen LogP contribution in [0.2, 0.25) is 0 Å². The Hall–Kier alpha value is -1.98. The van der Waals surface area contributed by atoms with Crippen LogP contribution in [-0.4, -0.2) is 26.7 Å². The number of aromatic nitrogens is 4. The Morgan fingerprint density at radius 3 is 2.62 bits per heavy atom. The fourth-order valence-corrected chi connectivity index (χ4v) is 1.21. The van der Waals surface area contributed by atoms with E-state index in [-0.39, 0.29) is 0 Å². The third-order valence-electron chi connectivity index (χ3n) is 1.98. The lowest BCUT2D eigenvalue weighted by molar-refractivity contribution is 0.387. The zero-order chi connectivity index (χ0) is 11.4. The second-order valence-corrected chi connectivity index (χ2v) is 3.49. The molecule has 1 N–H and O–H groups in total. The van der Waals surface area contributed by atoms with E-state index in [1.54, 1.807) is 19.3 Å². The van der Waals surface area contributed by atoms with E-state index in [0.29, 0.717) is 30.6 Å². The molecular weight excluding hydrogens is 206 g/mol. The molecule has 16 heavy (non-hydrogen) atoms. The highest BCUT2D eigenvalue weighted by atomic mass is 16.5. The summed E-state index contributed by atoms with van der Waals surface area (Å²) in [6, 6.07) is 0. The van der Waals surface area contributed by atoms with Crippen LogP contribution in [-0.2, 0) is 6.42 Å². The SMILES string of the molecule is Cc1cnc(NCCc2noc(C)n2)nc1. The van der Waals surface area contributed by atoms with Crippen molar-refractivity contribution >= 4 is 5.95 Å². The van der Waals surface area contributed by atoms with Crippen molar-refractivity contribution in [2.24, 2.45) is 0 Å². The lowest BCUT2D eigenvalue weighted by atomic mass is 10.4. The monoisotopic (exact) mass is 219 g/mol. The van der Waals surface area contributed by atoms with E-state index in [0.717, 1.165) is 5.56 Å². The van der Waals surface area contributed by atoms with Crippen molar-refractivity contribution in [2.45, 2.75) is 20.3 Å². The Bertz CT molecular complexity index is 450. The zero-order valence-electron chi connectivity index (χ0n) is 9.27. The average molecular weight is 219 g/mol. The van der Waals surface area contributed by atoms with Gasteiger partial charge >= 0.3 is 0 Å². The molecule has 2 aromatic heterocycles. The zero-order valence-corrected chi connectivity index (χ0v) is 9.27. The van der Waals surface area contributed by atoms with Crippen LogP contribution in [0.4, 0.5) is 5.95 Å². The van der Waals surface area contributed by atoms with Crippen molar-refractivity contribution in [3.05, 3.63) is 29.7 Å². The Kier molecular flexibility index (Phi) is 3.09. The molecule has 2 rings (SSSR count). The first-order valence-corrected chi connectivity index (χ1v) is 5.06. The van der Waals surface area contributed by atoms with Crippen LogP contribution in [0.1, 0.15) is 17.3 Å². The van der Waals surface area contributed by atoms with Crippen LogP contribution in [0.3, 0.4) is 0 Å². The summed E-state index contributed by atoms with van der Waals surface area (Å²) in [5.41, 5.74) is 1.04. The van der Waals surface area contributed by atoms with Crippen molar-refractivity contribution in [1.82, 2.24) is 20.1 Å². The lowest BCUT2D eigenvalue weighted by Crippen LogP contribution is -2.08. The minimum Gasteiger partial charge on any atom is -0.354 e. The van der Waals surface area contributed by atoms with Gasteiger partial charge in [0, 0.05) is 32.3 Å². The number of hydrogen-bond acceptors (Lipinski definition) is 6. The van der Waals surface area contributed by atoms with Gasteiger partial charge in [-0.25, -0.2) is 9.97 Å². The summed E-state index contributed by atoms with van der Waals surface area (Å²) in [7, 11) is 0. The average Bonchev–Trinajstić information content (AvgIpc) is 2.67. The Morgan fingerprint density at radius 1 is 1.25 bits per heavy atom. The van der Waals surface area contributed by atoms with Crippen LogP contribution in [0.15, 0.2) is 16.9 Å². The molecule has 0 aliphatic rings. The van der Waals surface area contributed by atoms with Gasteiger partial charge in [0.15, 0.2) is 5.82 Å². The molecule has 0 aliphatic heterocycles. The van der Waals surface area contributed by atoms with Crippen molar-refractivity contribution in [1.29, 1.82) is 0 Å². The van der Waals surface area contributed by atoms with E-state index < -0.39 is 0 Å². The standard InChI is InChI=1S/C10H13N5O/c1-7-5-12-10(13-6-7)11-4-3-9-14-8(2)16-15-9/h5-6H,3-4H2,1-2H3,(H,11,12,13). The molecule has 0 atom stereocenters. The molecule has 0 saturated carbocycles. The van der Waals surface area contributed by atoms with Gasteiger partial charge in [0.05, 0.1) is 0 Å². The minimum atomic E-state index is 0.585. The third-order valence-corrected chi connectivity index (χ3v) is 1.98. The quantitative estimate of drug-likeness (QED) is 0.830. The molecule has 0 fully saturated rings. The van der Waals surface area contributed by atoms with Gasteiger partial charge < -0.3 is 9.84 Å². The molecular formula is C10H13N5O. The largest absolute Gasteiger partial charge is 0.354 e. The van der Waals surface area contributed by atoms with Crippen LogP contribution in [0, 0.1) is 13.8 Å². The summed E-state index contributed by atoms with van der Waals surface area (Å²) in [6.45, 7) is 4.40. The van der Waals surface area contributed by atoms with E-state index >= 15 is 0 Å². The molecule has 2 heterocycles. The number of nitrogens with zero attached hydrogens (tertiary/aromatic N) is 4. The smallest absolute Gasteiger partial charge is 0.223 e. The summed E-state index contributed by atoms with van der Waals surface area (Å²) in [5, 5.41) is 6.88. The second kappa shape index (κ2) is 4.69. The molecule has 0 amide bonds. The van der Waals surface area contributed by atoms with Gasteiger partial charge in [-0.2, -0.15) is 4.98 Å². The Labute approximate surface area is 93.1 Å². The van der Waals surface area contributed by atoms with Crippen LogP contribution in [0.5, 0.6) is 0 Å². The van der Waals surface area contributed by atoms with Gasteiger partial charge in [0.25, 0.3) is 0 Å². The van der Waals surface area contributed by atoms with Gasteiger partial charge in [0.2, 0.25) is 11.8 Å². The molecule has 0 aliphatic carbocycles. The number of hydrogen-bond donors (Lipinski definition) is 1. The van der Waals surface area contributed by atoms with E-state index in [1.165, 1.54) is 0 Å². The van der Waals surface area contributed by atoms with Crippen molar-refractivity contribution in [3.8, 4) is 0 Å². The van der Waals surface area contributed by atoms with Gasteiger partial charge in [-0.3, -0.25) is 0 Å². The highest BCUT2D eigenvalue weighted by Crippen LogP contribution is 2.00. The maximum atomic E-state index is 4.86. The highest BCUT2D eigenvalue weighted by molar-refractivity contribution is 5.24. The number of aryl methyl sites for hydroxylation is 2.